The van der Waals surface area contributed by atoms with E-state index in [9.17, 15) is 13.5 Å². The number of hydrogen-bond donors (Lipinski definition) is 2. The second kappa shape index (κ2) is 8.67. The zero-order valence-electron chi connectivity index (χ0n) is 16.5. The zero-order valence-corrected chi connectivity index (χ0v) is 17.3. The van der Waals surface area contributed by atoms with Crippen LogP contribution in [-0.2, 0) is 10.0 Å². The van der Waals surface area contributed by atoms with Crippen LogP contribution in [0.2, 0.25) is 0 Å². The maximum atomic E-state index is 12.8. The summed E-state index contributed by atoms with van der Waals surface area (Å²) in [5.74, 6) is 0.636. The first kappa shape index (κ1) is 20.1. The fraction of sp³-hybridized carbons (Fsp3) is 0.217. The van der Waals surface area contributed by atoms with Crippen molar-refractivity contribution < 1.29 is 13.5 Å². The molecule has 0 unspecified atom stereocenters. The van der Waals surface area contributed by atoms with Crippen LogP contribution in [0.4, 0.5) is 5.69 Å². The predicted molar refractivity (Wildman–Crippen MR) is 120 cm³/mol. The second-order valence-electron chi connectivity index (χ2n) is 7.22. The molecule has 0 atom stereocenters. The molecule has 0 radical (unpaired) electrons. The number of benzene rings is 3. The molecular weight excluding hydrogens is 398 g/mol. The van der Waals surface area contributed by atoms with Gasteiger partial charge in [-0.15, -0.1) is 0 Å². The van der Waals surface area contributed by atoms with Crippen LogP contribution in [0.25, 0.3) is 10.8 Å². The summed E-state index contributed by atoms with van der Waals surface area (Å²) in [5.41, 5.74) is 1.07. The topological polar surface area (TPSA) is 91.1 Å². The van der Waals surface area contributed by atoms with Gasteiger partial charge in [0.05, 0.1) is 10.6 Å². The Hall–Kier alpha value is -3.19. The van der Waals surface area contributed by atoms with Gasteiger partial charge in [0.15, 0.2) is 0 Å². The molecule has 3 aromatic rings. The molecule has 0 saturated heterocycles. The van der Waals surface area contributed by atoms with E-state index in [1.54, 1.807) is 24.4 Å². The van der Waals surface area contributed by atoms with E-state index in [0.717, 1.165) is 30.0 Å². The Labute approximate surface area is 176 Å². The summed E-state index contributed by atoms with van der Waals surface area (Å²) in [6.45, 7) is 0.650. The Balaban J connectivity index is 1.61. The summed E-state index contributed by atoms with van der Waals surface area (Å²) in [4.78, 5) is 8.89. The van der Waals surface area contributed by atoms with Crippen molar-refractivity contribution in [2.75, 3.05) is 6.54 Å². The smallest absolute Gasteiger partial charge is 0.262 e. The van der Waals surface area contributed by atoms with Crippen molar-refractivity contribution in [1.82, 2.24) is 4.72 Å². The molecule has 4 rings (SSSR count). The van der Waals surface area contributed by atoms with E-state index >= 15 is 0 Å². The van der Waals surface area contributed by atoms with Gasteiger partial charge in [0.1, 0.15) is 11.6 Å². The average molecular weight is 422 g/mol. The highest BCUT2D eigenvalue weighted by Gasteiger charge is 2.17. The molecule has 3 aromatic carbocycles. The average Bonchev–Trinajstić information content (AvgIpc) is 3.01. The minimum absolute atomic E-state index is 0.120. The molecule has 0 amide bonds. The van der Waals surface area contributed by atoms with Gasteiger partial charge in [0.2, 0.25) is 0 Å². The molecule has 0 bridgehead atoms. The lowest BCUT2D eigenvalue weighted by Gasteiger charge is -2.10. The van der Waals surface area contributed by atoms with Gasteiger partial charge in [-0.3, -0.25) is 14.7 Å². The van der Waals surface area contributed by atoms with Crippen LogP contribution in [0, 0.1) is 0 Å². The van der Waals surface area contributed by atoms with E-state index in [1.165, 1.54) is 12.1 Å². The maximum Gasteiger partial charge on any atom is 0.262 e. The Bertz CT molecular complexity index is 1230. The minimum Gasteiger partial charge on any atom is -0.507 e. The van der Waals surface area contributed by atoms with Gasteiger partial charge in [0, 0.05) is 24.7 Å². The number of amidine groups is 1. The van der Waals surface area contributed by atoms with Crippen LogP contribution < -0.4 is 4.72 Å². The van der Waals surface area contributed by atoms with Gasteiger partial charge in [-0.2, -0.15) is 0 Å². The predicted octanol–water partition coefficient (Wildman–Crippen LogP) is 4.55. The lowest BCUT2D eigenvalue weighted by molar-refractivity contribution is 0.475. The summed E-state index contributed by atoms with van der Waals surface area (Å²) in [7, 11) is -3.73. The molecule has 0 spiro atoms. The number of hydrogen-bond acceptors (Lipinski definition) is 5. The number of aliphatic imine (C=N–C) groups is 2. The molecule has 0 fully saturated rings. The normalized spacial score (nSPS) is 15.1. The first-order valence-electron chi connectivity index (χ1n) is 9.94. The van der Waals surface area contributed by atoms with E-state index in [-0.39, 0.29) is 10.6 Å². The molecule has 0 aromatic heterocycles. The summed E-state index contributed by atoms with van der Waals surface area (Å²) in [6.07, 6.45) is 5.17. The molecule has 1 heterocycles. The van der Waals surface area contributed by atoms with E-state index < -0.39 is 10.0 Å². The quantitative estimate of drug-likeness (QED) is 0.606. The highest BCUT2D eigenvalue weighted by atomic mass is 32.2. The first-order valence-corrected chi connectivity index (χ1v) is 11.4. The molecule has 0 saturated carbocycles. The Morgan fingerprint density at radius 1 is 1.00 bits per heavy atom. The van der Waals surface area contributed by atoms with Crippen LogP contribution in [0.1, 0.15) is 31.2 Å². The largest absolute Gasteiger partial charge is 0.507 e. The summed E-state index contributed by atoms with van der Waals surface area (Å²) < 4.78 is 28.2. The Kier molecular flexibility index (Phi) is 5.81. The van der Waals surface area contributed by atoms with Gasteiger partial charge in [-0.25, -0.2) is 8.42 Å². The van der Waals surface area contributed by atoms with Crippen molar-refractivity contribution >= 4 is 38.5 Å². The number of phenolic OH excluding ortho intramolecular Hbond substituents is 1. The van der Waals surface area contributed by atoms with E-state index in [0.29, 0.717) is 30.1 Å². The lowest BCUT2D eigenvalue weighted by Crippen LogP contribution is -2.30. The van der Waals surface area contributed by atoms with Crippen LogP contribution in [-0.4, -0.2) is 32.1 Å². The minimum atomic E-state index is -3.73. The standard InChI is InChI=1S/C23H23N3O3S/c27-22-13-12-17-7-3-4-10-20(17)21(22)16-25-18-8-6-9-19(15-18)30(28,29)26-23-11-2-1-5-14-24-23/h3-4,6-10,12-13,15-16,27H,1-2,5,11,14H2,(H,24,26). The third-order valence-corrected chi connectivity index (χ3v) is 6.42. The monoisotopic (exact) mass is 421 g/mol. The van der Waals surface area contributed by atoms with Gasteiger partial charge in [-0.1, -0.05) is 42.8 Å². The van der Waals surface area contributed by atoms with Crippen LogP contribution in [0.5, 0.6) is 5.75 Å². The molecule has 7 heteroatoms. The summed E-state index contributed by atoms with van der Waals surface area (Å²) in [5, 5.41) is 12.1. The first-order chi connectivity index (χ1) is 14.5. The number of phenols is 1. The summed E-state index contributed by atoms with van der Waals surface area (Å²) in [6, 6.07) is 17.6. The van der Waals surface area contributed by atoms with Crippen molar-refractivity contribution in [3.8, 4) is 5.75 Å². The van der Waals surface area contributed by atoms with Crippen molar-refractivity contribution in [2.45, 2.75) is 30.6 Å². The highest BCUT2D eigenvalue weighted by Crippen LogP contribution is 2.26. The Morgan fingerprint density at radius 2 is 1.87 bits per heavy atom. The molecule has 1 aliphatic rings. The van der Waals surface area contributed by atoms with Crippen molar-refractivity contribution in [3.63, 3.8) is 0 Å². The molecule has 2 N–H and O–H groups in total. The number of sulfonamides is 1. The lowest BCUT2D eigenvalue weighted by atomic mass is 10.0. The third-order valence-electron chi connectivity index (χ3n) is 5.04. The van der Waals surface area contributed by atoms with E-state index in [2.05, 4.69) is 14.7 Å². The Morgan fingerprint density at radius 3 is 2.77 bits per heavy atom. The number of aromatic hydroxyl groups is 1. The molecule has 6 nitrogen and oxygen atoms in total. The van der Waals surface area contributed by atoms with Crippen LogP contribution in [0.3, 0.4) is 0 Å². The van der Waals surface area contributed by atoms with Crippen molar-refractivity contribution in [1.29, 1.82) is 0 Å². The third kappa shape index (κ3) is 4.52. The number of nitrogens with one attached hydrogen (secondary N) is 1. The summed E-state index contributed by atoms with van der Waals surface area (Å²) >= 11 is 0. The van der Waals surface area contributed by atoms with Crippen LogP contribution in [0.15, 0.2) is 75.5 Å². The SMILES string of the molecule is O=S(=O)(NC1=NCCCCC1)c1cccc(N=Cc2c(O)ccc3ccccc23)c1. The van der Waals surface area contributed by atoms with Crippen molar-refractivity contribution in [3.05, 3.63) is 66.2 Å². The molecule has 154 valence electrons. The zero-order chi connectivity index (χ0) is 21.0. The van der Waals surface area contributed by atoms with Gasteiger partial charge >= 0.3 is 0 Å². The number of rotatable bonds is 4. The maximum absolute atomic E-state index is 12.8. The van der Waals surface area contributed by atoms with Crippen molar-refractivity contribution in [2.24, 2.45) is 9.98 Å². The number of fused-ring (bicyclic) bond motifs is 1. The molecule has 0 aliphatic carbocycles. The number of nitrogens with zero attached hydrogens (tertiary/aromatic N) is 2. The van der Waals surface area contributed by atoms with E-state index in [4.69, 9.17) is 0 Å². The van der Waals surface area contributed by atoms with Gasteiger partial charge < -0.3 is 5.11 Å². The molecule has 1 aliphatic heterocycles. The fourth-order valence-electron chi connectivity index (χ4n) is 3.46. The molecular formula is C23H23N3O3S. The second-order valence-corrected chi connectivity index (χ2v) is 8.90. The molecule has 30 heavy (non-hydrogen) atoms. The van der Waals surface area contributed by atoms with E-state index in [1.807, 2.05) is 30.3 Å². The van der Waals surface area contributed by atoms with Crippen LogP contribution >= 0.6 is 0 Å². The van der Waals surface area contributed by atoms with Gasteiger partial charge in [-0.05, 0) is 47.9 Å². The van der Waals surface area contributed by atoms with Gasteiger partial charge in [0.25, 0.3) is 10.0 Å². The fourth-order valence-corrected chi connectivity index (χ4v) is 4.59. The highest BCUT2D eigenvalue weighted by molar-refractivity contribution is 7.90.